The summed E-state index contributed by atoms with van der Waals surface area (Å²) in [6, 6.07) is 4.50. The van der Waals surface area contributed by atoms with Gasteiger partial charge in [0.25, 0.3) is 0 Å². The highest BCUT2D eigenvalue weighted by atomic mass is 35.5. The van der Waals surface area contributed by atoms with Crippen LogP contribution in [0.25, 0.3) is 0 Å². The Hall–Kier alpha value is -0.910. The standard InChI is InChI=1S/C9H9ClFNO2S/c1-7(10)6-12-15(13,14)9-4-2-8(11)3-5-9/h2-5,12H,1,6H2. The van der Waals surface area contributed by atoms with Gasteiger partial charge >= 0.3 is 0 Å². The third-order valence-electron chi connectivity index (χ3n) is 1.58. The highest BCUT2D eigenvalue weighted by Crippen LogP contribution is 2.09. The molecule has 0 unspecified atom stereocenters. The van der Waals surface area contributed by atoms with Gasteiger partial charge in [-0.2, -0.15) is 0 Å². The van der Waals surface area contributed by atoms with Gasteiger partial charge in [0.1, 0.15) is 5.82 Å². The van der Waals surface area contributed by atoms with Crippen molar-refractivity contribution in [1.82, 2.24) is 4.72 Å². The smallest absolute Gasteiger partial charge is 0.207 e. The molecule has 15 heavy (non-hydrogen) atoms. The first-order chi connectivity index (χ1) is 6.92. The fraction of sp³-hybridized carbons (Fsp3) is 0.111. The average Bonchev–Trinajstić information content (AvgIpc) is 2.16. The second-order valence-corrected chi connectivity index (χ2v) is 5.10. The number of nitrogens with one attached hydrogen (secondary N) is 1. The molecule has 1 aromatic carbocycles. The fourth-order valence-corrected chi connectivity index (χ4v) is 2.04. The summed E-state index contributed by atoms with van der Waals surface area (Å²) in [4.78, 5) is -0.0122. The molecular formula is C9H9ClFNO2S. The molecule has 0 bridgehead atoms. The highest BCUT2D eigenvalue weighted by molar-refractivity contribution is 7.89. The molecule has 0 heterocycles. The number of rotatable bonds is 4. The molecule has 1 rings (SSSR count). The first kappa shape index (κ1) is 12.2. The van der Waals surface area contributed by atoms with E-state index >= 15 is 0 Å². The molecule has 0 spiro atoms. The molecule has 0 aliphatic carbocycles. The monoisotopic (exact) mass is 249 g/mol. The third-order valence-corrected chi connectivity index (χ3v) is 3.13. The highest BCUT2D eigenvalue weighted by Gasteiger charge is 2.13. The van der Waals surface area contributed by atoms with E-state index in [1.807, 2.05) is 0 Å². The average molecular weight is 250 g/mol. The van der Waals surface area contributed by atoms with Gasteiger partial charge in [0.15, 0.2) is 0 Å². The summed E-state index contributed by atoms with van der Waals surface area (Å²) in [5.74, 6) is -0.490. The van der Waals surface area contributed by atoms with Crippen LogP contribution in [0.5, 0.6) is 0 Å². The van der Waals surface area contributed by atoms with Crippen molar-refractivity contribution >= 4 is 21.6 Å². The molecule has 6 heteroatoms. The maximum absolute atomic E-state index is 12.5. The van der Waals surface area contributed by atoms with E-state index < -0.39 is 15.8 Å². The number of halogens is 2. The Morgan fingerprint density at radius 3 is 2.40 bits per heavy atom. The Balaban J connectivity index is 2.87. The fourth-order valence-electron chi connectivity index (χ4n) is 0.870. The van der Waals surface area contributed by atoms with Crippen LogP contribution in [-0.2, 0) is 10.0 Å². The van der Waals surface area contributed by atoms with Crippen LogP contribution in [0.4, 0.5) is 4.39 Å². The summed E-state index contributed by atoms with van der Waals surface area (Å²) in [6.45, 7) is 3.29. The van der Waals surface area contributed by atoms with Crippen molar-refractivity contribution < 1.29 is 12.8 Å². The predicted molar refractivity (Wildman–Crippen MR) is 56.6 cm³/mol. The van der Waals surface area contributed by atoms with Crippen molar-refractivity contribution in [2.75, 3.05) is 6.54 Å². The minimum atomic E-state index is -3.63. The summed E-state index contributed by atoms with van der Waals surface area (Å²) >= 11 is 5.42. The zero-order valence-corrected chi connectivity index (χ0v) is 9.28. The van der Waals surface area contributed by atoms with E-state index in [0.717, 1.165) is 12.1 Å². The van der Waals surface area contributed by atoms with E-state index in [9.17, 15) is 12.8 Å². The molecule has 0 aromatic heterocycles. The maximum Gasteiger partial charge on any atom is 0.240 e. The summed E-state index contributed by atoms with van der Waals surface area (Å²) in [5, 5.41) is 0.181. The topological polar surface area (TPSA) is 46.2 Å². The van der Waals surface area contributed by atoms with Gasteiger partial charge < -0.3 is 0 Å². The van der Waals surface area contributed by atoms with Crippen LogP contribution < -0.4 is 4.72 Å². The molecule has 0 saturated heterocycles. The lowest BCUT2D eigenvalue weighted by atomic mass is 10.4. The van der Waals surface area contributed by atoms with Crippen molar-refractivity contribution in [1.29, 1.82) is 0 Å². The van der Waals surface area contributed by atoms with E-state index in [0.29, 0.717) is 0 Å². The van der Waals surface area contributed by atoms with E-state index in [2.05, 4.69) is 11.3 Å². The quantitative estimate of drug-likeness (QED) is 0.885. The van der Waals surface area contributed by atoms with Crippen LogP contribution in [0.15, 0.2) is 40.8 Å². The Morgan fingerprint density at radius 2 is 1.93 bits per heavy atom. The van der Waals surface area contributed by atoms with Crippen LogP contribution >= 0.6 is 11.6 Å². The molecule has 0 fully saturated rings. The van der Waals surface area contributed by atoms with Crippen molar-refractivity contribution in [2.45, 2.75) is 4.90 Å². The zero-order chi connectivity index (χ0) is 11.5. The first-order valence-corrected chi connectivity index (χ1v) is 5.86. The first-order valence-electron chi connectivity index (χ1n) is 4.00. The van der Waals surface area contributed by atoms with Gasteiger partial charge in [-0.3, -0.25) is 0 Å². The van der Waals surface area contributed by atoms with Gasteiger partial charge in [0.2, 0.25) is 10.0 Å². The number of hydrogen-bond acceptors (Lipinski definition) is 2. The van der Waals surface area contributed by atoms with E-state index in [-0.39, 0.29) is 16.5 Å². The minimum Gasteiger partial charge on any atom is -0.207 e. The lowest BCUT2D eigenvalue weighted by Crippen LogP contribution is -2.24. The molecule has 82 valence electrons. The van der Waals surface area contributed by atoms with Crippen LogP contribution in [0, 0.1) is 5.82 Å². The van der Waals surface area contributed by atoms with Crippen molar-refractivity contribution in [2.24, 2.45) is 0 Å². The zero-order valence-electron chi connectivity index (χ0n) is 7.70. The number of sulfonamides is 1. The van der Waals surface area contributed by atoms with E-state index in [1.54, 1.807) is 0 Å². The Morgan fingerprint density at radius 1 is 1.40 bits per heavy atom. The summed E-state index contributed by atoms with van der Waals surface area (Å²) in [5.41, 5.74) is 0. The van der Waals surface area contributed by atoms with Gasteiger partial charge in [-0.15, -0.1) is 0 Å². The van der Waals surface area contributed by atoms with E-state index in [1.165, 1.54) is 12.1 Å². The molecule has 0 aliphatic rings. The predicted octanol–water partition coefficient (Wildman–Crippen LogP) is 1.86. The van der Waals surface area contributed by atoms with Gasteiger partial charge in [0, 0.05) is 11.6 Å². The van der Waals surface area contributed by atoms with Crippen LogP contribution in [0.1, 0.15) is 0 Å². The molecule has 1 N–H and O–H groups in total. The normalized spacial score (nSPS) is 11.3. The molecule has 0 saturated carbocycles. The van der Waals surface area contributed by atoms with Gasteiger partial charge in [-0.05, 0) is 24.3 Å². The van der Waals surface area contributed by atoms with Crippen LogP contribution in [0.2, 0.25) is 0 Å². The van der Waals surface area contributed by atoms with Gasteiger partial charge in [0.05, 0.1) is 4.90 Å². The lowest BCUT2D eigenvalue weighted by Gasteiger charge is -2.05. The second-order valence-electron chi connectivity index (χ2n) is 2.80. The second kappa shape index (κ2) is 4.74. The Labute approximate surface area is 92.6 Å². The van der Waals surface area contributed by atoms with Gasteiger partial charge in [-0.25, -0.2) is 17.5 Å². The van der Waals surface area contributed by atoms with Crippen LogP contribution in [-0.4, -0.2) is 15.0 Å². The molecule has 0 amide bonds. The molecule has 0 atom stereocenters. The van der Waals surface area contributed by atoms with Crippen molar-refractivity contribution in [3.8, 4) is 0 Å². The minimum absolute atomic E-state index is 0.0122. The summed E-state index contributed by atoms with van der Waals surface area (Å²) < 4.78 is 37.8. The summed E-state index contributed by atoms with van der Waals surface area (Å²) in [7, 11) is -3.63. The van der Waals surface area contributed by atoms with E-state index in [4.69, 9.17) is 11.6 Å². The van der Waals surface area contributed by atoms with Gasteiger partial charge in [-0.1, -0.05) is 18.2 Å². The van der Waals surface area contributed by atoms with Crippen LogP contribution in [0.3, 0.4) is 0 Å². The molecule has 3 nitrogen and oxygen atoms in total. The molecule has 0 radical (unpaired) electrons. The molecule has 0 aliphatic heterocycles. The Kier molecular flexibility index (Phi) is 3.84. The molecular weight excluding hydrogens is 241 g/mol. The Bertz CT molecular complexity index is 456. The number of hydrogen-bond donors (Lipinski definition) is 1. The largest absolute Gasteiger partial charge is 0.240 e. The molecule has 1 aromatic rings. The third kappa shape index (κ3) is 3.62. The SMILES string of the molecule is C=C(Cl)CNS(=O)(=O)c1ccc(F)cc1. The number of benzene rings is 1. The summed E-state index contributed by atoms with van der Waals surface area (Å²) in [6.07, 6.45) is 0. The van der Waals surface area contributed by atoms with Crippen molar-refractivity contribution in [3.63, 3.8) is 0 Å². The lowest BCUT2D eigenvalue weighted by molar-refractivity contribution is 0.584. The van der Waals surface area contributed by atoms with Crippen molar-refractivity contribution in [3.05, 3.63) is 41.7 Å². The maximum atomic E-state index is 12.5.